The number of benzene rings is 1. The minimum Gasteiger partial charge on any atom is -0.494 e. The van der Waals surface area contributed by atoms with Crippen LogP contribution in [0.15, 0.2) is 18.2 Å². The molecule has 1 N–H and O–H groups in total. The first-order valence-electron chi connectivity index (χ1n) is 6.01. The van der Waals surface area contributed by atoms with E-state index in [0.29, 0.717) is 17.7 Å². The lowest BCUT2D eigenvalue weighted by Crippen LogP contribution is -2.40. The lowest BCUT2D eigenvalue weighted by molar-refractivity contribution is 0.0122. The van der Waals surface area contributed by atoms with E-state index in [9.17, 15) is 9.50 Å². The fraction of sp³-hybridized carbons (Fsp3) is 0.571. The number of ether oxygens (including phenoxy) is 1. The van der Waals surface area contributed by atoms with Gasteiger partial charge in [0.05, 0.1) is 7.11 Å². The van der Waals surface area contributed by atoms with Crippen LogP contribution in [-0.4, -0.2) is 23.7 Å². The Bertz CT molecular complexity index is 447. The number of hydrogen-bond acceptors (Lipinski definition) is 3. The predicted molar refractivity (Wildman–Crippen MR) is 72.6 cm³/mol. The SMILES string of the molecule is COc1cccc(C2(O)CSCC(C)(C)C2)c1F. The van der Waals surface area contributed by atoms with Crippen molar-refractivity contribution in [2.75, 3.05) is 18.6 Å². The van der Waals surface area contributed by atoms with Gasteiger partial charge in [0, 0.05) is 11.3 Å². The molecule has 0 radical (unpaired) electrons. The molecular formula is C14H19FO2S. The molecule has 1 atom stereocenters. The molecule has 4 heteroatoms. The van der Waals surface area contributed by atoms with Crippen LogP contribution in [0.2, 0.25) is 0 Å². The molecule has 2 rings (SSSR count). The summed E-state index contributed by atoms with van der Waals surface area (Å²) in [5, 5.41) is 10.8. The molecule has 0 aliphatic carbocycles. The highest BCUT2D eigenvalue weighted by Crippen LogP contribution is 2.45. The normalized spacial score (nSPS) is 26.9. The Kier molecular flexibility index (Phi) is 3.60. The van der Waals surface area contributed by atoms with Crippen molar-refractivity contribution in [3.8, 4) is 5.75 Å². The second-order valence-corrected chi connectivity index (χ2v) is 6.67. The van der Waals surface area contributed by atoms with Crippen LogP contribution in [0.1, 0.15) is 25.8 Å². The summed E-state index contributed by atoms with van der Waals surface area (Å²) in [6.45, 7) is 4.20. The first kappa shape index (κ1) is 13.7. The van der Waals surface area contributed by atoms with E-state index in [1.54, 1.807) is 30.0 Å². The Morgan fingerprint density at radius 3 is 2.67 bits per heavy atom. The van der Waals surface area contributed by atoms with Gasteiger partial charge in [-0.1, -0.05) is 26.0 Å². The minimum atomic E-state index is -1.11. The van der Waals surface area contributed by atoms with Gasteiger partial charge in [-0.2, -0.15) is 11.8 Å². The van der Waals surface area contributed by atoms with Crippen molar-refractivity contribution < 1.29 is 14.2 Å². The maximum atomic E-state index is 14.3. The maximum Gasteiger partial charge on any atom is 0.171 e. The van der Waals surface area contributed by atoms with Crippen LogP contribution in [0.25, 0.3) is 0 Å². The molecule has 0 amide bonds. The molecule has 1 aliphatic heterocycles. The molecule has 1 aromatic rings. The van der Waals surface area contributed by atoms with Crippen molar-refractivity contribution in [2.24, 2.45) is 5.41 Å². The van der Waals surface area contributed by atoms with Gasteiger partial charge in [-0.05, 0) is 23.7 Å². The van der Waals surface area contributed by atoms with Crippen molar-refractivity contribution in [3.63, 3.8) is 0 Å². The highest BCUT2D eigenvalue weighted by molar-refractivity contribution is 7.99. The standard InChI is InChI=1S/C14H19FO2S/c1-13(2)7-14(16,9-18-8-13)10-5-4-6-11(17-3)12(10)15/h4-6,16H,7-9H2,1-3H3. The fourth-order valence-electron chi connectivity index (χ4n) is 2.59. The van der Waals surface area contributed by atoms with Gasteiger partial charge >= 0.3 is 0 Å². The number of methoxy groups -OCH3 is 1. The molecule has 2 nitrogen and oxygen atoms in total. The van der Waals surface area contributed by atoms with Crippen molar-refractivity contribution in [2.45, 2.75) is 25.9 Å². The van der Waals surface area contributed by atoms with Crippen LogP contribution < -0.4 is 4.74 Å². The molecular weight excluding hydrogens is 251 g/mol. The lowest BCUT2D eigenvalue weighted by Gasteiger charge is -2.41. The first-order valence-corrected chi connectivity index (χ1v) is 7.17. The van der Waals surface area contributed by atoms with Gasteiger partial charge in [0.2, 0.25) is 0 Å². The maximum absolute atomic E-state index is 14.3. The van der Waals surface area contributed by atoms with Crippen LogP contribution >= 0.6 is 11.8 Å². The number of rotatable bonds is 2. The highest BCUT2D eigenvalue weighted by atomic mass is 32.2. The van der Waals surface area contributed by atoms with Crippen molar-refractivity contribution in [3.05, 3.63) is 29.6 Å². The molecule has 100 valence electrons. The highest BCUT2D eigenvalue weighted by Gasteiger charge is 2.42. The summed E-state index contributed by atoms with van der Waals surface area (Å²) < 4.78 is 19.2. The van der Waals surface area contributed by atoms with Gasteiger partial charge in [0.1, 0.15) is 5.60 Å². The average molecular weight is 270 g/mol. The van der Waals surface area contributed by atoms with E-state index in [0.717, 1.165) is 5.75 Å². The average Bonchev–Trinajstić information content (AvgIpc) is 2.27. The van der Waals surface area contributed by atoms with Gasteiger partial charge in [-0.25, -0.2) is 4.39 Å². The summed E-state index contributed by atoms with van der Waals surface area (Å²) in [4.78, 5) is 0. The van der Waals surface area contributed by atoms with Gasteiger partial charge in [-0.15, -0.1) is 0 Å². The Balaban J connectivity index is 2.41. The van der Waals surface area contributed by atoms with Gasteiger partial charge in [0.25, 0.3) is 0 Å². The van der Waals surface area contributed by atoms with E-state index in [1.807, 2.05) is 0 Å². The third kappa shape index (κ3) is 2.50. The largest absolute Gasteiger partial charge is 0.494 e. The van der Waals surface area contributed by atoms with Gasteiger partial charge in [-0.3, -0.25) is 0 Å². The van der Waals surface area contributed by atoms with Crippen LogP contribution in [0.5, 0.6) is 5.75 Å². The second-order valence-electron chi connectivity index (χ2n) is 5.69. The molecule has 0 saturated carbocycles. The molecule has 1 unspecified atom stereocenters. The van der Waals surface area contributed by atoms with E-state index >= 15 is 0 Å². The van der Waals surface area contributed by atoms with Crippen molar-refractivity contribution in [1.29, 1.82) is 0 Å². The summed E-state index contributed by atoms with van der Waals surface area (Å²) >= 11 is 1.67. The molecule has 18 heavy (non-hydrogen) atoms. The van der Waals surface area contributed by atoms with E-state index in [-0.39, 0.29) is 11.2 Å². The monoisotopic (exact) mass is 270 g/mol. The third-order valence-electron chi connectivity index (χ3n) is 3.29. The van der Waals surface area contributed by atoms with Gasteiger partial charge in [0.15, 0.2) is 11.6 Å². The van der Waals surface area contributed by atoms with Gasteiger partial charge < -0.3 is 9.84 Å². The first-order chi connectivity index (χ1) is 8.38. The topological polar surface area (TPSA) is 29.5 Å². The van der Waals surface area contributed by atoms with Crippen LogP contribution in [0.4, 0.5) is 4.39 Å². The molecule has 1 saturated heterocycles. The zero-order valence-electron chi connectivity index (χ0n) is 11.0. The van der Waals surface area contributed by atoms with Crippen molar-refractivity contribution >= 4 is 11.8 Å². The Morgan fingerprint density at radius 1 is 1.33 bits per heavy atom. The van der Waals surface area contributed by atoms with Crippen LogP contribution in [-0.2, 0) is 5.60 Å². The Labute approximate surface area is 112 Å². The quantitative estimate of drug-likeness (QED) is 0.895. The fourth-order valence-corrected chi connectivity index (χ4v) is 3.94. The number of aliphatic hydroxyl groups is 1. The molecule has 1 fully saturated rings. The predicted octanol–water partition coefficient (Wildman–Crippen LogP) is 3.19. The lowest BCUT2D eigenvalue weighted by atomic mass is 9.78. The summed E-state index contributed by atoms with van der Waals surface area (Å²) in [7, 11) is 1.44. The summed E-state index contributed by atoms with van der Waals surface area (Å²) in [5.74, 6) is 1.26. The zero-order valence-corrected chi connectivity index (χ0v) is 11.8. The van der Waals surface area contributed by atoms with E-state index < -0.39 is 11.4 Å². The Hall–Kier alpha value is -0.740. The second kappa shape index (κ2) is 4.74. The summed E-state index contributed by atoms with van der Waals surface area (Å²) in [6.07, 6.45) is 0.567. The molecule has 0 spiro atoms. The smallest absolute Gasteiger partial charge is 0.171 e. The van der Waals surface area contributed by atoms with Crippen molar-refractivity contribution in [1.82, 2.24) is 0 Å². The number of halogens is 1. The molecule has 0 aromatic heterocycles. The number of hydrogen-bond donors (Lipinski definition) is 1. The summed E-state index contributed by atoms with van der Waals surface area (Å²) in [5.41, 5.74) is -0.750. The zero-order chi connectivity index (χ0) is 13.4. The molecule has 1 aromatic carbocycles. The molecule has 0 bridgehead atoms. The minimum absolute atomic E-state index is 0.00713. The molecule has 1 aliphatic rings. The third-order valence-corrected chi connectivity index (χ3v) is 4.96. The number of thioether (sulfide) groups is 1. The van der Waals surface area contributed by atoms with Crippen LogP contribution in [0, 0.1) is 11.2 Å². The van der Waals surface area contributed by atoms with E-state index in [2.05, 4.69) is 13.8 Å². The summed E-state index contributed by atoms with van der Waals surface area (Å²) in [6, 6.07) is 4.95. The molecule has 1 heterocycles. The van der Waals surface area contributed by atoms with Crippen LogP contribution in [0.3, 0.4) is 0 Å². The van der Waals surface area contributed by atoms with E-state index in [1.165, 1.54) is 7.11 Å². The Morgan fingerprint density at radius 2 is 2.06 bits per heavy atom. The van der Waals surface area contributed by atoms with E-state index in [4.69, 9.17) is 4.74 Å².